The quantitative estimate of drug-likeness (QED) is 0.143. The number of amides is 3. The molecule has 3 rings (SSSR count). The molecule has 0 unspecified atom stereocenters. The Bertz CT molecular complexity index is 1130. The van der Waals surface area contributed by atoms with Crippen molar-refractivity contribution in [3.05, 3.63) is 75.9 Å². The second-order valence-electron chi connectivity index (χ2n) is 8.50. The number of nitro groups is 1. The number of benzene rings is 2. The summed E-state index contributed by atoms with van der Waals surface area (Å²) in [5, 5.41) is 26.1. The molecule has 3 N–H and O–H groups in total. The highest BCUT2D eigenvalue weighted by Gasteiger charge is 2.22. The van der Waals surface area contributed by atoms with Gasteiger partial charge in [-0.2, -0.15) is 0 Å². The van der Waals surface area contributed by atoms with Gasteiger partial charge in [0.05, 0.1) is 23.8 Å². The Morgan fingerprint density at radius 2 is 1.65 bits per heavy atom. The van der Waals surface area contributed by atoms with Gasteiger partial charge in [-0.05, 0) is 54.8 Å². The molecule has 2 aromatic rings. The SMILES string of the molecule is O=C(CNCCCCCCN1C(=O)C=CC1=O)Nc1cc(CO)ccc1OCc1ccc([N+](=O)[O-])cc1. The normalized spacial score (nSPS) is 12.7. The lowest BCUT2D eigenvalue weighted by atomic mass is 10.2. The van der Waals surface area contributed by atoms with Crippen LogP contribution in [-0.2, 0) is 27.6 Å². The van der Waals surface area contributed by atoms with E-state index in [4.69, 9.17) is 4.74 Å². The molecular weight excluding hydrogens is 480 g/mol. The molecule has 0 bridgehead atoms. The average molecular weight is 511 g/mol. The van der Waals surface area contributed by atoms with Gasteiger partial charge in [0, 0.05) is 30.8 Å². The summed E-state index contributed by atoms with van der Waals surface area (Å²) in [6.45, 7) is 1.10. The molecule has 1 aliphatic heterocycles. The lowest BCUT2D eigenvalue weighted by Crippen LogP contribution is -2.31. The molecule has 3 amide bonds. The lowest BCUT2D eigenvalue weighted by molar-refractivity contribution is -0.384. The zero-order valence-electron chi connectivity index (χ0n) is 20.4. The fraction of sp³-hybridized carbons (Fsp3) is 0.346. The summed E-state index contributed by atoms with van der Waals surface area (Å²) in [7, 11) is 0. The van der Waals surface area contributed by atoms with E-state index in [0.29, 0.717) is 30.1 Å². The van der Waals surface area contributed by atoms with E-state index >= 15 is 0 Å². The molecule has 0 atom stereocenters. The van der Waals surface area contributed by atoms with Gasteiger partial charge in [0.2, 0.25) is 5.91 Å². The van der Waals surface area contributed by atoms with E-state index in [1.54, 1.807) is 30.3 Å². The van der Waals surface area contributed by atoms with Crippen LogP contribution in [0.2, 0.25) is 0 Å². The molecule has 196 valence electrons. The number of ether oxygens (including phenoxy) is 1. The Labute approximate surface area is 214 Å². The van der Waals surface area contributed by atoms with E-state index in [2.05, 4.69) is 10.6 Å². The average Bonchev–Trinajstić information content (AvgIpc) is 3.21. The van der Waals surface area contributed by atoms with Crippen molar-refractivity contribution in [2.45, 2.75) is 38.9 Å². The molecule has 11 heteroatoms. The minimum Gasteiger partial charge on any atom is -0.487 e. The number of carbonyl (C=O) groups excluding carboxylic acids is 3. The summed E-state index contributed by atoms with van der Waals surface area (Å²) in [5.41, 5.74) is 1.75. The topological polar surface area (TPSA) is 151 Å². The van der Waals surface area contributed by atoms with Crippen molar-refractivity contribution < 1.29 is 29.2 Å². The number of non-ortho nitro benzene ring substituents is 1. The monoisotopic (exact) mass is 510 g/mol. The maximum absolute atomic E-state index is 12.5. The Morgan fingerprint density at radius 3 is 2.32 bits per heavy atom. The zero-order chi connectivity index (χ0) is 26.6. The molecule has 2 aromatic carbocycles. The summed E-state index contributed by atoms with van der Waals surface area (Å²) < 4.78 is 5.82. The fourth-order valence-corrected chi connectivity index (χ4v) is 3.70. The molecule has 0 fully saturated rings. The van der Waals surface area contributed by atoms with Gasteiger partial charge in [-0.1, -0.05) is 18.9 Å². The molecule has 1 heterocycles. The van der Waals surface area contributed by atoms with Crippen molar-refractivity contribution in [2.75, 3.05) is 25.0 Å². The molecule has 37 heavy (non-hydrogen) atoms. The molecule has 0 saturated carbocycles. The number of aliphatic hydroxyl groups is 1. The number of aliphatic hydroxyl groups excluding tert-OH is 1. The van der Waals surface area contributed by atoms with Gasteiger partial charge in [0.25, 0.3) is 17.5 Å². The van der Waals surface area contributed by atoms with Crippen LogP contribution in [0, 0.1) is 10.1 Å². The van der Waals surface area contributed by atoms with Crippen molar-refractivity contribution in [1.29, 1.82) is 0 Å². The van der Waals surface area contributed by atoms with Crippen LogP contribution in [0.3, 0.4) is 0 Å². The number of unbranched alkanes of at least 4 members (excludes halogenated alkanes) is 3. The second-order valence-corrected chi connectivity index (χ2v) is 8.50. The zero-order valence-corrected chi connectivity index (χ0v) is 20.4. The number of imide groups is 1. The lowest BCUT2D eigenvalue weighted by Gasteiger charge is -2.14. The van der Waals surface area contributed by atoms with Crippen LogP contribution >= 0.6 is 0 Å². The largest absolute Gasteiger partial charge is 0.487 e. The summed E-state index contributed by atoms with van der Waals surface area (Å²) in [6, 6.07) is 11.0. The molecule has 0 spiro atoms. The van der Waals surface area contributed by atoms with Gasteiger partial charge >= 0.3 is 0 Å². The van der Waals surface area contributed by atoms with Crippen LogP contribution in [0.25, 0.3) is 0 Å². The van der Waals surface area contributed by atoms with Crippen LogP contribution in [0.5, 0.6) is 5.75 Å². The fourth-order valence-electron chi connectivity index (χ4n) is 3.70. The van der Waals surface area contributed by atoms with E-state index in [1.807, 2.05) is 0 Å². The summed E-state index contributed by atoms with van der Waals surface area (Å²) in [6.07, 6.45) is 5.92. The third-order valence-electron chi connectivity index (χ3n) is 5.71. The van der Waals surface area contributed by atoms with Crippen molar-refractivity contribution in [2.24, 2.45) is 0 Å². The van der Waals surface area contributed by atoms with Gasteiger partial charge < -0.3 is 20.5 Å². The van der Waals surface area contributed by atoms with Crippen LogP contribution in [0.1, 0.15) is 36.8 Å². The molecule has 0 radical (unpaired) electrons. The maximum Gasteiger partial charge on any atom is 0.269 e. The first-order valence-corrected chi connectivity index (χ1v) is 12.0. The second kappa shape index (κ2) is 13.9. The number of rotatable bonds is 15. The molecule has 0 aromatic heterocycles. The summed E-state index contributed by atoms with van der Waals surface area (Å²) >= 11 is 0. The van der Waals surface area contributed by atoms with Crippen LogP contribution in [0.15, 0.2) is 54.6 Å². The highest BCUT2D eigenvalue weighted by molar-refractivity contribution is 6.12. The van der Waals surface area contributed by atoms with Gasteiger partial charge in [-0.25, -0.2) is 0 Å². The predicted molar refractivity (Wildman–Crippen MR) is 136 cm³/mol. The predicted octanol–water partition coefficient (Wildman–Crippen LogP) is 2.68. The summed E-state index contributed by atoms with van der Waals surface area (Å²) in [4.78, 5) is 47.0. The number of anilines is 1. The minimum atomic E-state index is -0.472. The summed E-state index contributed by atoms with van der Waals surface area (Å²) in [5.74, 6) is -0.382. The van der Waals surface area contributed by atoms with Crippen molar-refractivity contribution in [1.82, 2.24) is 10.2 Å². The number of nitro benzene ring substituents is 1. The Morgan fingerprint density at radius 1 is 0.973 bits per heavy atom. The Hall–Kier alpha value is -4.09. The van der Waals surface area contributed by atoms with Gasteiger partial charge in [-0.15, -0.1) is 0 Å². The first kappa shape index (κ1) is 27.5. The maximum atomic E-state index is 12.5. The third kappa shape index (κ3) is 8.51. The smallest absolute Gasteiger partial charge is 0.269 e. The highest BCUT2D eigenvalue weighted by Crippen LogP contribution is 2.27. The molecule has 1 aliphatic rings. The van der Waals surface area contributed by atoms with E-state index in [-0.39, 0.29) is 43.2 Å². The van der Waals surface area contributed by atoms with Gasteiger partial charge in [-0.3, -0.25) is 29.4 Å². The number of carbonyl (C=O) groups is 3. The molecule has 11 nitrogen and oxygen atoms in total. The number of hydrogen-bond acceptors (Lipinski definition) is 8. The Balaban J connectivity index is 1.38. The highest BCUT2D eigenvalue weighted by atomic mass is 16.6. The van der Waals surface area contributed by atoms with Crippen molar-refractivity contribution in [3.63, 3.8) is 0 Å². The van der Waals surface area contributed by atoms with Crippen molar-refractivity contribution in [3.8, 4) is 5.75 Å². The van der Waals surface area contributed by atoms with Gasteiger partial charge in [0.1, 0.15) is 12.4 Å². The number of nitrogens with one attached hydrogen (secondary N) is 2. The third-order valence-corrected chi connectivity index (χ3v) is 5.71. The molecular formula is C26H30N4O7. The van der Waals surface area contributed by atoms with Crippen LogP contribution in [-0.4, -0.2) is 52.3 Å². The van der Waals surface area contributed by atoms with E-state index in [9.17, 15) is 29.6 Å². The van der Waals surface area contributed by atoms with E-state index in [1.165, 1.54) is 29.2 Å². The van der Waals surface area contributed by atoms with Crippen LogP contribution < -0.4 is 15.4 Å². The molecule has 0 saturated heterocycles. The van der Waals surface area contributed by atoms with Crippen molar-refractivity contribution >= 4 is 29.1 Å². The standard InChI is InChI=1S/C26H30N4O7/c31-17-20-7-10-23(37-18-19-5-8-21(9-6-19)30(35)36)22(15-20)28-24(32)16-27-13-3-1-2-4-14-29-25(33)11-12-26(29)34/h5-12,15,27,31H,1-4,13-14,16-18H2,(H,28,32). The van der Waals surface area contributed by atoms with E-state index in [0.717, 1.165) is 31.2 Å². The van der Waals surface area contributed by atoms with Crippen LogP contribution in [0.4, 0.5) is 11.4 Å². The number of nitrogens with zero attached hydrogens (tertiary/aromatic N) is 2. The van der Waals surface area contributed by atoms with E-state index < -0.39 is 4.92 Å². The molecule has 0 aliphatic carbocycles. The first-order chi connectivity index (χ1) is 17.9. The minimum absolute atomic E-state index is 0.0101. The van der Waals surface area contributed by atoms with Gasteiger partial charge in [0.15, 0.2) is 0 Å². The Kier molecular flexibility index (Phi) is 10.3. The first-order valence-electron chi connectivity index (χ1n) is 12.0. The number of hydrogen-bond donors (Lipinski definition) is 3.